The summed E-state index contributed by atoms with van der Waals surface area (Å²) in [5.74, 6) is -6.85. The van der Waals surface area contributed by atoms with E-state index >= 15 is 0 Å². The van der Waals surface area contributed by atoms with E-state index in [2.05, 4.69) is 10.6 Å². The number of rotatable bonds is 13. The highest BCUT2D eigenvalue weighted by molar-refractivity contribution is 5.93. The predicted molar refractivity (Wildman–Crippen MR) is 121 cm³/mol. The first kappa shape index (κ1) is 27.0. The van der Waals surface area contributed by atoms with E-state index in [9.17, 15) is 44.4 Å². The maximum absolute atomic E-state index is 12.4. The Labute approximate surface area is 200 Å². The summed E-state index contributed by atoms with van der Waals surface area (Å²) < 4.78 is 0. The van der Waals surface area contributed by atoms with Gasteiger partial charge in [0.15, 0.2) is 5.60 Å². The minimum Gasteiger partial charge on any atom is -0.480 e. The topological polar surface area (TPSA) is 190 Å². The number of hydrogen-bond acceptors (Lipinski definition) is 6. The quantitative estimate of drug-likeness (QED) is 0.230. The molecule has 0 aliphatic heterocycles. The van der Waals surface area contributed by atoms with Crippen molar-refractivity contribution in [2.24, 2.45) is 0 Å². The largest absolute Gasteiger partial charge is 0.480 e. The SMILES string of the molecule is O=C(CC(O)(CC(=O)NC(Cc1ccccc1)C(=O)O)C(=O)O)NC(Cc1ccccc1)C(=O)O. The van der Waals surface area contributed by atoms with Gasteiger partial charge in [0, 0.05) is 12.8 Å². The van der Waals surface area contributed by atoms with Crippen molar-refractivity contribution >= 4 is 29.7 Å². The molecule has 0 fully saturated rings. The van der Waals surface area contributed by atoms with Crippen molar-refractivity contribution in [1.82, 2.24) is 10.6 Å². The molecule has 35 heavy (non-hydrogen) atoms. The fraction of sp³-hybridized carbons (Fsp3) is 0.292. The average molecular weight is 486 g/mol. The van der Waals surface area contributed by atoms with Crippen LogP contribution in [-0.2, 0) is 36.8 Å². The smallest absolute Gasteiger partial charge is 0.336 e. The monoisotopic (exact) mass is 486 g/mol. The fourth-order valence-electron chi connectivity index (χ4n) is 3.34. The molecule has 0 spiro atoms. The molecule has 0 aromatic heterocycles. The number of carboxylic acid groups (broad SMARTS) is 3. The number of aliphatic hydroxyl groups is 1. The van der Waals surface area contributed by atoms with Crippen LogP contribution >= 0.6 is 0 Å². The van der Waals surface area contributed by atoms with E-state index < -0.39 is 60.2 Å². The highest BCUT2D eigenvalue weighted by atomic mass is 16.4. The Balaban J connectivity index is 2.04. The van der Waals surface area contributed by atoms with Crippen LogP contribution in [0.5, 0.6) is 0 Å². The summed E-state index contributed by atoms with van der Waals surface area (Å²) in [5, 5.41) is 43.0. The molecular formula is C24H26N2O9. The normalized spacial score (nSPS) is 14.1. The molecule has 0 aliphatic rings. The highest BCUT2D eigenvalue weighted by Crippen LogP contribution is 2.17. The molecule has 0 bridgehead atoms. The van der Waals surface area contributed by atoms with Crippen molar-refractivity contribution in [1.29, 1.82) is 0 Å². The predicted octanol–water partition coefficient (Wildman–Crippen LogP) is 0.207. The number of carbonyl (C=O) groups is 5. The van der Waals surface area contributed by atoms with Crippen molar-refractivity contribution in [2.45, 2.75) is 43.4 Å². The number of carbonyl (C=O) groups excluding carboxylic acids is 2. The van der Waals surface area contributed by atoms with Gasteiger partial charge in [-0.3, -0.25) is 9.59 Å². The molecule has 11 heteroatoms. The van der Waals surface area contributed by atoms with Gasteiger partial charge in [-0.15, -0.1) is 0 Å². The Hall–Kier alpha value is -4.25. The number of hydrogen-bond donors (Lipinski definition) is 6. The van der Waals surface area contributed by atoms with Crippen LogP contribution in [0.4, 0.5) is 0 Å². The van der Waals surface area contributed by atoms with Crippen molar-refractivity contribution in [3.63, 3.8) is 0 Å². The molecule has 2 amide bonds. The Morgan fingerprint density at radius 1 is 0.657 bits per heavy atom. The first-order valence-electron chi connectivity index (χ1n) is 10.6. The minimum atomic E-state index is -2.89. The van der Waals surface area contributed by atoms with Crippen molar-refractivity contribution in [3.8, 4) is 0 Å². The first-order chi connectivity index (χ1) is 16.5. The molecule has 0 saturated heterocycles. The molecule has 6 N–H and O–H groups in total. The van der Waals surface area contributed by atoms with Crippen LogP contribution in [0.2, 0.25) is 0 Å². The summed E-state index contributed by atoms with van der Waals surface area (Å²) in [4.78, 5) is 59.5. The van der Waals surface area contributed by atoms with Gasteiger partial charge in [0.25, 0.3) is 0 Å². The molecule has 2 aromatic rings. The van der Waals surface area contributed by atoms with Crippen LogP contribution in [-0.4, -0.2) is 67.8 Å². The van der Waals surface area contributed by atoms with Gasteiger partial charge in [-0.1, -0.05) is 60.7 Å². The summed E-state index contributed by atoms with van der Waals surface area (Å²) >= 11 is 0. The van der Waals surface area contributed by atoms with Crippen LogP contribution in [0.1, 0.15) is 24.0 Å². The second-order valence-corrected chi connectivity index (χ2v) is 7.99. The minimum absolute atomic E-state index is 0.0896. The van der Waals surface area contributed by atoms with Crippen LogP contribution < -0.4 is 10.6 Å². The summed E-state index contributed by atoms with van der Waals surface area (Å²) in [5.41, 5.74) is -1.68. The lowest BCUT2D eigenvalue weighted by Crippen LogP contribution is -2.51. The number of carboxylic acids is 3. The molecule has 0 radical (unpaired) electrons. The molecule has 2 atom stereocenters. The van der Waals surface area contributed by atoms with E-state index in [0.29, 0.717) is 11.1 Å². The van der Waals surface area contributed by atoms with Crippen LogP contribution in [0.3, 0.4) is 0 Å². The Morgan fingerprint density at radius 2 is 1.00 bits per heavy atom. The highest BCUT2D eigenvalue weighted by Gasteiger charge is 2.42. The molecule has 11 nitrogen and oxygen atoms in total. The number of nitrogens with one attached hydrogen (secondary N) is 2. The molecule has 0 heterocycles. The lowest BCUT2D eigenvalue weighted by molar-refractivity contribution is -0.165. The zero-order valence-electron chi connectivity index (χ0n) is 18.6. The maximum Gasteiger partial charge on any atom is 0.336 e. The Kier molecular flexibility index (Phi) is 9.47. The molecule has 186 valence electrons. The van der Waals surface area contributed by atoms with Crippen molar-refractivity contribution in [3.05, 3.63) is 71.8 Å². The summed E-state index contributed by atoms with van der Waals surface area (Å²) in [6, 6.07) is 14.0. The second kappa shape index (κ2) is 12.3. The van der Waals surface area contributed by atoms with Gasteiger partial charge in [0.1, 0.15) is 12.1 Å². The van der Waals surface area contributed by atoms with Crippen LogP contribution in [0.15, 0.2) is 60.7 Å². The van der Waals surface area contributed by atoms with Crippen molar-refractivity contribution in [2.75, 3.05) is 0 Å². The molecular weight excluding hydrogens is 460 g/mol. The first-order valence-corrected chi connectivity index (χ1v) is 10.6. The van der Waals surface area contributed by atoms with Crippen LogP contribution in [0, 0.1) is 0 Å². The van der Waals surface area contributed by atoms with Gasteiger partial charge in [0.2, 0.25) is 11.8 Å². The summed E-state index contributed by atoms with van der Waals surface area (Å²) in [6.07, 6.45) is -2.42. The van der Waals surface area contributed by atoms with E-state index in [0.717, 1.165) is 0 Å². The standard InChI is InChI=1S/C24H26N2O9/c27-19(25-17(21(29)30)11-15-7-3-1-4-8-15)13-24(35,23(33)34)14-20(28)26-18(22(31)32)12-16-9-5-2-6-10-16/h1-10,17-18,35H,11-14H2,(H,25,27)(H,26,28)(H,29,30)(H,31,32)(H,33,34). The summed E-state index contributed by atoms with van der Waals surface area (Å²) in [7, 11) is 0. The van der Waals surface area contributed by atoms with E-state index in [1.165, 1.54) is 0 Å². The van der Waals surface area contributed by atoms with Gasteiger partial charge >= 0.3 is 17.9 Å². The lowest BCUT2D eigenvalue weighted by atomic mass is 9.93. The lowest BCUT2D eigenvalue weighted by Gasteiger charge is -2.24. The second-order valence-electron chi connectivity index (χ2n) is 7.99. The zero-order valence-corrected chi connectivity index (χ0v) is 18.6. The maximum atomic E-state index is 12.4. The van der Waals surface area contributed by atoms with Gasteiger partial charge < -0.3 is 31.1 Å². The molecule has 0 aliphatic carbocycles. The fourth-order valence-corrected chi connectivity index (χ4v) is 3.34. The third-order valence-electron chi connectivity index (χ3n) is 5.14. The van der Waals surface area contributed by atoms with E-state index in [1.54, 1.807) is 60.7 Å². The van der Waals surface area contributed by atoms with Crippen LogP contribution in [0.25, 0.3) is 0 Å². The molecule has 2 rings (SSSR count). The van der Waals surface area contributed by atoms with Gasteiger partial charge in [-0.2, -0.15) is 0 Å². The number of aliphatic carboxylic acids is 3. The van der Waals surface area contributed by atoms with Gasteiger partial charge in [-0.25, -0.2) is 14.4 Å². The molecule has 2 unspecified atom stereocenters. The van der Waals surface area contributed by atoms with E-state index in [-0.39, 0.29) is 12.8 Å². The van der Waals surface area contributed by atoms with Gasteiger partial charge in [-0.05, 0) is 11.1 Å². The number of benzene rings is 2. The summed E-state index contributed by atoms with van der Waals surface area (Å²) in [6.45, 7) is 0. The molecule has 0 saturated carbocycles. The zero-order chi connectivity index (χ0) is 26.0. The van der Waals surface area contributed by atoms with E-state index in [4.69, 9.17) is 0 Å². The number of amides is 2. The average Bonchev–Trinajstić information content (AvgIpc) is 2.79. The Morgan fingerprint density at radius 3 is 1.29 bits per heavy atom. The van der Waals surface area contributed by atoms with Gasteiger partial charge in [0.05, 0.1) is 12.8 Å². The van der Waals surface area contributed by atoms with E-state index in [1.807, 2.05) is 0 Å². The third-order valence-corrected chi connectivity index (χ3v) is 5.14. The van der Waals surface area contributed by atoms with Crippen molar-refractivity contribution < 1.29 is 44.4 Å². The molecule has 2 aromatic carbocycles. The third kappa shape index (κ3) is 8.55. The Bertz CT molecular complexity index is 982.